The van der Waals surface area contributed by atoms with E-state index < -0.39 is 0 Å². The summed E-state index contributed by atoms with van der Waals surface area (Å²) in [7, 11) is 0. The maximum Gasteiger partial charge on any atom is 0.224 e. The molecule has 0 radical (unpaired) electrons. The zero-order valence-corrected chi connectivity index (χ0v) is 12.8. The number of ether oxygens (including phenoxy) is 1. The molecule has 1 aromatic rings. The molecule has 20 heavy (non-hydrogen) atoms. The minimum atomic E-state index is -0.0993. The third-order valence-corrected chi connectivity index (χ3v) is 3.42. The van der Waals surface area contributed by atoms with Crippen LogP contribution in [0.2, 0.25) is 0 Å². The highest BCUT2D eigenvalue weighted by atomic mass is 35.5. The number of carbonyl (C=O) groups is 1. The Kier molecular flexibility index (Phi) is 6.46. The fourth-order valence-corrected chi connectivity index (χ4v) is 2.37. The molecule has 112 valence electrons. The van der Waals surface area contributed by atoms with Crippen molar-refractivity contribution in [1.29, 1.82) is 0 Å². The molecule has 1 aliphatic rings. The first-order valence-corrected chi connectivity index (χ1v) is 6.79. The second-order valence-electron chi connectivity index (χ2n) is 5.31. The summed E-state index contributed by atoms with van der Waals surface area (Å²) in [5.74, 6) is 0.117. The highest BCUT2D eigenvalue weighted by molar-refractivity contribution is 5.85. The van der Waals surface area contributed by atoms with Crippen LogP contribution in [-0.4, -0.2) is 36.0 Å². The molecular weight excluding hydrogens is 276 g/mol. The van der Waals surface area contributed by atoms with Crippen LogP contribution < -0.4 is 5.73 Å². The average Bonchev–Trinajstić information content (AvgIpc) is 2.39. The Hall–Kier alpha value is -1.10. The Bertz CT molecular complexity index is 425. The van der Waals surface area contributed by atoms with Crippen molar-refractivity contribution in [3.8, 4) is 0 Å². The van der Waals surface area contributed by atoms with Crippen LogP contribution in [0.1, 0.15) is 31.9 Å². The van der Waals surface area contributed by atoms with Gasteiger partial charge in [-0.25, -0.2) is 0 Å². The molecule has 1 fully saturated rings. The number of carbonyl (C=O) groups excluding carboxylic acids is 1. The van der Waals surface area contributed by atoms with Crippen molar-refractivity contribution < 1.29 is 9.53 Å². The number of halogens is 1. The lowest BCUT2D eigenvalue weighted by Crippen LogP contribution is -2.49. The summed E-state index contributed by atoms with van der Waals surface area (Å²) < 4.78 is 5.84. The minimum absolute atomic E-state index is 0. The van der Waals surface area contributed by atoms with E-state index in [1.54, 1.807) is 0 Å². The van der Waals surface area contributed by atoms with Crippen molar-refractivity contribution in [2.24, 2.45) is 5.73 Å². The molecule has 1 saturated heterocycles. The molecule has 0 aliphatic carbocycles. The normalized spacial score (nSPS) is 23.9. The van der Waals surface area contributed by atoms with E-state index >= 15 is 0 Å². The molecule has 0 aromatic heterocycles. The van der Waals surface area contributed by atoms with Crippen LogP contribution >= 0.6 is 12.4 Å². The summed E-state index contributed by atoms with van der Waals surface area (Å²) in [6, 6.07) is 10.1. The SMILES string of the molecule is CC(N)CC(=O)N1CC(c2ccccc2)OCC1C.Cl. The van der Waals surface area contributed by atoms with Crippen molar-refractivity contribution in [3.63, 3.8) is 0 Å². The number of nitrogens with zero attached hydrogens (tertiary/aromatic N) is 1. The second-order valence-corrected chi connectivity index (χ2v) is 5.31. The number of hydrogen-bond acceptors (Lipinski definition) is 3. The van der Waals surface area contributed by atoms with Gasteiger partial charge in [0.05, 0.1) is 19.2 Å². The van der Waals surface area contributed by atoms with Gasteiger partial charge in [-0.3, -0.25) is 4.79 Å². The molecule has 3 atom stereocenters. The molecule has 1 heterocycles. The van der Waals surface area contributed by atoms with Crippen LogP contribution in [0, 0.1) is 0 Å². The van der Waals surface area contributed by atoms with Crippen molar-refractivity contribution in [3.05, 3.63) is 35.9 Å². The summed E-state index contributed by atoms with van der Waals surface area (Å²) >= 11 is 0. The summed E-state index contributed by atoms with van der Waals surface area (Å²) in [6.07, 6.45) is 0.362. The van der Waals surface area contributed by atoms with Gasteiger partial charge in [-0.05, 0) is 19.4 Å². The van der Waals surface area contributed by atoms with Crippen LogP contribution in [0.25, 0.3) is 0 Å². The molecule has 4 nitrogen and oxygen atoms in total. The lowest BCUT2D eigenvalue weighted by Gasteiger charge is -2.38. The quantitative estimate of drug-likeness (QED) is 0.930. The molecule has 0 spiro atoms. The Morgan fingerprint density at radius 2 is 2.10 bits per heavy atom. The third-order valence-electron chi connectivity index (χ3n) is 3.42. The summed E-state index contributed by atoms with van der Waals surface area (Å²) in [5.41, 5.74) is 6.83. The van der Waals surface area contributed by atoms with Gasteiger partial charge in [-0.1, -0.05) is 30.3 Å². The van der Waals surface area contributed by atoms with Crippen LogP contribution in [0.15, 0.2) is 30.3 Å². The van der Waals surface area contributed by atoms with Crippen molar-refractivity contribution >= 4 is 18.3 Å². The van der Waals surface area contributed by atoms with E-state index in [4.69, 9.17) is 10.5 Å². The number of hydrogen-bond donors (Lipinski definition) is 1. The number of nitrogens with two attached hydrogens (primary N) is 1. The minimum Gasteiger partial charge on any atom is -0.370 e. The van der Waals surface area contributed by atoms with Crippen molar-refractivity contribution in [2.45, 2.75) is 38.5 Å². The Labute approximate surface area is 126 Å². The van der Waals surface area contributed by atoms with E-state index in [0.717, 1.165) is 5.56 Å². The fraction of sp³-hybridized carbons (Fsp3) is 0.533. The molecule has 5 heteroatoms. The van der Waals surface area contributed by atoms with E-state index in [0.29, 0.717) is 19.6 Å². The first kappa shape index (κ1) is 17.0. The third kappa shape index (κ3) is 4.20. The van der Waals surface area contributed by atoms with E-state index in [9.17, 15) is 4.79 Å². The monoisotopic (exact) mass is 298 g/mol. The first-order chi connectivity index (χ1) is 9.08. The zero-order valence-electron chi connectivity index (χ0n) is 12.0. The number of benzene rings is 1. The molecule has 0 bridgehead atoms. The van der Waals surface area contributed by atoms with E-state index in [2.05, 4.69) is 0 Å². The van der Waals surface area contributed by atoms with Gasteiger partial charge < -0.3 is 15.4 Å². The zero-order chi connectivity index (χ0) is 13.8. The van der Waals surface area contributed by atoms with E-state index in [-0.39, 0.29) is 36.5 Å². The predicted octanol–water partition coefficient (Wildman–Crippen LogP) is 2.13. The molecule has 1 amide bonds. The molecule has 1 aliphatic heterocycles. The summed E-state index contributed by atoms with van der Waals surface area (Å²) in [6.45, 7) is 5.05. The summed E-state index contributed by atoms with van der Waals surface area (Å²) in [5, 5.41) is 0. The van der Waals surface area contributed by atoms with Gasteiger partial charge in [-0.15, -0.1) is 12.4 Å². The molecule has 2 N–H and O–H groups in total. The standard InChI is InChI=1S/C15H22N2O2.ClH/c1-11(16)8-15(18)17-9-14(19-10-12(17)2)13-6-4-3-5-7-13;/h3-7,11-12,14H,8-10,16H2,1-2H3;1H. The van der Waals surface area contributed by atoms with Gasteiger partial charge in [0.15, 0.2) is 0 Å². The Balaban J connectivity index is 0.00000200. The maximum absolute atomic E-state index is 12.2. The first-order valence-electron chi connectivity index (χ1n) is 6.79. The Morgan fingerprint density at radius 1 is 1.45 bits per heavy atom. The van der Waals surface area contributed by atoms with E-state index in [1.165, 1.54) is 0 Å². The highest BCUT2D eigenvalue weighted by Crippen LogP contribution is 2.25. The largest absolute Gasteiger partial charge is 0.370 e. The van der Waals surface area contributed by atoms with Gasteiger partial charge >= 0.3 is 0 Å². The highest BCUT2D eigenvalue weighted by Gasteiger charge is 2.30. The van der Waals surface area contributed by atoms with Crippen LogP contribution in [0.5, 0.6) is 0 Å². The molecule has 0 saturated carbocycles. The molecule has 2 rings (SSSR count). The van der Waals surface area contributed by atoms with Crippen molar-refractivity contribution in [1.82, 2.24) is 4.90 Å². The van der Waals surface area contributed by atoms with E-state index in [1.807, 2.05) is 49.1 Å². The van der Waals surface area contributed by atoms with Gasteiger partial charge in [0.2, 0.25) is 5.91 Å². The smallest absolute Gasteiger partial charge is 0.224 e. The maximum atomic E-state index is 12.2. The molecule has 1 aromatic carbocycles. The lowest BCUT2D eigenvalue weighted by atomic mass is 10.1. The van der Waals surface area contributed by atoms with Crippen LogP contribution in [-0.2, 0) is 9.53 Å². The van der Waals surface area contributed by atoms with Gasteiger partial charge in [-0.2, -0.15) is 0 Å². The van der Waals surface area contributed by atoms with Crippen molar-refractivity contribution in [2.75, 3.05) is 13.2 Å². The fourth-order valence-electron chi connectivity index (χ4n) is 2.37. The molecule has 3 unspecified atom stereocenters. The Morgan fingerprint density at radius 3 is 2.70 bits per heavy atom. The number of amides is 1. The number of rotatable bonds is 3. The van der Waals surface area contributed by atoms with Crippen LogP contribution in [0.3, 0.4) is 0 Å². The topological polar surface area (TPSA) is 55.6 Å². The average molecular weight is 299 g/mol. The predicted molar refractivity (Wildman–Crippen MR) is 81.8 cm³/mol. The molecular formula is C15H23ClN2O2. The van der Waals surface area contributed by atoms with Crippen LogP contribution in [0.4, 0.5) is 0 Å². The summed E-state index contributed by atoms with van der Waals surface area (Å²) in [4.78, 5) is 14.1. The second kappa shape index (κ2) is 7.62. The van der Waals surface area contributed by atoms with Gasteiger partial charge in [0, 0.05) is 12.5 Å². The lowest BCUT2D eigenvalue weighted by molar-refractivity contribution is -0.144. The van der Waals surface area contributed by atoms with Gasteiger partial charge in [0.25, 0.3) is 0 Å². The van der Waals surface area contributed by atoms with Gasteiger partial charge in [0.1, 0.15) is 6.10 Å². The number of morpholine rings is 1.